The fourth-order valence-corrected chi connectivity index (χ4v) is 4.73. The molecule has 2 bridgehead atoms. The second-order valence-corrected chi connectivity index (χ2v) is 7.29. The first-order valence-electron chi connectivity index (χ1n) is 6.75. The number of hydrogen-bond acceptors (Lipinski definition) is 3. The van der Waals surface area contributed by atoms with Gasteiger partial charge in [-0.15, -0.1) is 0 Å². The second kappa shape index (κ2) is 4.80. The van der Waals surface area contributed by atoms with E-state index in [1.165, 1.54) is 19.3 Å². The molecule has 0 heterocycles. The molecule has 0 unspecified atom stereocenters. The monoisotopic (exact) mass is 281 g/mol. The molecule has 0 aromatic heterocycles. The van der Waals surface area contributed by atoms with Crippen LogP contribution in [0.2, 0.25) is 0 Å². The molecule has 0 spiro atoms. The molecule has 0 radical (unpaired) electrons. The molecule has 0 amide bonds. The first-order valence-corrected chi connectivity index (χ1v) is 8.23. The van der Waals surface area contributed by atoms with Crippen LogP contribution in [0.5, 0.6) is 5.75 Å². The molecule has 2 aliphatic rings. The third-order valence-corrected chi connectivity index (χ3v) is 5.92. The van der Waals surface area contributed by atoms with Crippen molar-refractivity contribution in [3.63, 3.8) is 0 Å². The van der Waals surface area contributed by atoms with Crippen molar-refractivity contribution in [3.05, 3.63) is 24.3 Å². The Hall–Kier alpha value is -1.07. The van der Waals surface area contributed by atoms with Gasteiger partial charge >= 0.3 is 0 Å². The van der Waals surface area contributed by atoms with E-state index in [-0.39, 0.29) is 6.04 Å². The highest BCUT2D eigenvalue weighted by Crippen LogP contribution is 2.44. The van der Waals surface area contributed by atoms with Gasteiger partial charge in [-0.05, 0) is 55.4 Å². The van der Waals surface area contributed by atoms with Gasteiger partial charge in [0, 0.05) is 6.04 Å². The third kappa shape index (κ3) is 2.49. The molecule has 1 aromatic carbocycles. The normalized spacial score (nSPS) is 29.6. The third-order valence-electron chi connectivity index (χ3n) is 4.41. The first-order chi connectivity index (χ1) is 9.08. The van der Waals surface area contributed by atoms with Crippen molar-refractivity contribution in [1.82, 2.24) is 4.72 Å². The van der Waals surface area contributed by atoms with Gasteiger partial charge in [-0.2, -0.15) is 0 Å². The van der Waals surface area contributed by atoms with Crippen LogP contribution < -0.4 is 9.46 Å². The summed E-state index contributed by atoms with van der Waals surface area (Å²) in [5, 5.41) is 0. The fourth-order valence-electron chi connectivity index (χ4n) is 3.41. The van der Waals surface area contributed by atoms with Gasteiger partial charge in [0.15, 0.2) is 0 Å². The van der Waals surface area contributed by atoms with Crippen molar-refractivity contribution in [1.29, 1.82) is 0 Å². The summed E-state index contributed by atoms with van der Waals surface area (Å²) in [6.07, 6.45) is 4.63. The topological polar surface area (TPSA) is 55.4 Å². The minimum absolute atomic E-state index is 0.130. The van der Waals surface area contributed by atoms with Crippen LogP contribution in [-0.2, 0) is 10.0 Å². The first kappa shape index (κ1) is 12.9. The number of hydrogen-bond donors (Lipinski definition) is 1. The van der Waals surface area contributed by atoms with Crippen molar-refractivity contribution < 1.29 is 13.2 Å². The number of fused-ring (bicyclic) bond motifs is 2. The number of methoxy groups -OCH3 is 1. The van der Waals surface area contributed by atoms with Crippen molar-refractivity contribution in [3.8, 4) is 5.75 Å². The lowest BCUT2D eigenvalue weighted by molar-refractivity contribution is 0.390. The van der Waals surface area contributed by atoms with E-state index in [2.05, 4.69) is 4.72 Å². The highest BCUT2D eigenvalue weighted by atomic mass is 32.2. The highest BCUT2D eigenvalue weighted by Gasteiger charge is 2.41. The minimum atomic E-state index is -3.40. The predicted molar refractivity (Wildman–Crippen MR) is 72.6 cm³/mol. The maximum atomic E-state index is 12.3. The SMILES string of the molecule is COc1ccc(S(=O)(=O)N[C@H]2C[C@@H]3CC[C@H]2C3)cc1. The van der Waals surface area contributed by atoms with Gasteiger partial charge in [0.1, 0.15) is 5.75 Å². The smallest absolute Gasteiger partial charge is 0.240 e. The number of benzene rings is 1. The summed E-state index contributed by atoms with van der Waals surface area (Å²) < 4.78 is 32.5. The summed E-state index contributed by atoms with van der Waals surface area (Å²) in [4.78, 5) is 0.316. The lowest BCUT2D eigenvalue weighted by Gasteiger charge is -2.22. The molecule has 104 valence electrons. The van der Waals surface area contributed by atoms with Crippen LogP contribution in [0.4, 0.5) is 0 Å². The zero-order valence-corrected chi connectivity index (χ0v) is 11.8. The Labute approximate surface area is 114 Å². The predicted octanol–water partition coefficient (Wildman–Crippen LogP) is 2.16. The van der Waals surface area contributed by atoms with Crippen LogP contribution in [0, 0.1) is 11.8 Å². The molecule has 19 heavy (non-hydrogen) atoms. The lowest BCUT2D eigenvalue weighted by atomic mass is 9.96. The summed E-state index contributed by atoms with van der Waals surface area (Å²) in [7, 11) is -1.83. The van der Waals surface area contributed by atoms with Crippen molar-refractivity contribution in [2.45, 2.75) is 36.6 Å². The zero-order valence-electron chi connectivity index (χ0n) is 11.0. The molecule has 3 rings (SSSR count). The Morgan fingerprint density at radius 2 is 1.89 bits per heavy atom. The number of nitrogens with one attached hydrogen (secondary N) is 1. The van der Waals surface area contributed by atoms with E-state index in [0.29, 0.717) is 16.6 Å². The molecule has 0 aliphatic heterocycles. The van der Waals surface area contributed by atoms with E-state index < -0.39 is 10.0 Å². The maximum absolute atomic E-state index is 12.3. The van der Waals surface area contributed by atoms with Gasteiger partial charge in [0.2, 0.25) is 10.0 Å². The Morgan fingerprint density at radius 1 is 1.16 bits per heavy atom. The van der Waals surface area contributed by atoms with Crippen LogP contribution in [0.25, 0.3) is 0 Å². The summed E-state index contributed by atoms with van der Waals surface area (Å²) in [6, 6.07) is 6.67. The molecule has 1 aromatic rings. The molecule has 1 N–H and O–H groups in total. The molecule has 5 heteroatoms. The van der Waals surface area contributed by atoms with Gasteiger partial charge in [0.05, 0.1) is 12.0 Å². The Bertz CT molecular complexity index is 553. The molecule has 2 saturated carbocycles. The molecular weight excluding hydrogens is 262 g/mol. The van der Waals surface area contributed by atoms with E-state index in [1.807, 2.05) is 0 Å². The maximum Gasteiger partial charge on any atom is 0.240 e. The van der Waals surface area contributed by atoms with Gasteiger partial charge in [0.25, 0.3) is 0 Å². The average Bonchev–Trinajstić information content (AvgIpc) is 3.00. The van der Waals surface area contributed by atoms with Gasteiger partial charge < -0.3 is 4.74 Å². The van der Waals surface area contributed by atoms with Crippen molar-refractivity contribution in [2.24, 2.45) is 11.8 Å². The van der Waals surface area contributed by atoms with Gasteiger partial charge in [-0.25, -0.2) is 13.1 Å². The zero-order chi connectivity index (χ0) is 13.5. The van der Waals surface area contributed by atoms with Gasteiger partial charge in [-0.1, -0.05) is 6.42 Å². The quantitative estimate of drug-likeness (QED) is 0.920. The molecule has 2 aliphatic carbocycles. The molecule has 2 fully saturated rings. The lowest BCUT2D eigenvalue weighted by Crippen LogP contribution is -2.38. The fraction of sp³-hybridized carbons (Fsp3) is 0.571. The Balaban J connectivity index is 1.75. The standard InChI is InChI=1S/C14H19NO3S/c1-18-12-4-6-13(7-5-12)19(16,17)15-14-9-10-2-3-11(14)8-10/h4-7,10-11,14-15H,2-3,8-9H2,1H3/t10-,11+,14+/m1/s1. The summed E-state index contributed by atoms with van der Waals surface area (Å²) in [5.41, 5.74) is 0. The van der Waals surface area contributed by atoms with Crippen LogP contribution in [0.3, 0.4) is 0 Å². The highest BCUT2D eigenvalue weighted by molar-refractivity contribution is 7.89. The van der Waals surface area contributed by atoms with E-state index in [4.69, 9.17) is 4.74 Å². The van der Waals surface area contributed by atoms with Crippen LogP contribution in [0.15, 0.2) is 29.2 Å². The van der Waals surface area contributed by atoms with Crippen molar-refractivity contribution >= 4 is 10.0 Å². The van der Waals surface area contributed by atoms with Crippen LogP contribution >= 0.6 is 0 Å². The van der Waals surface area contributed by atoms with E-state index in [1.54, 1.807) is 31.4 Å². The van der Waals surface area contributed by atoms with Crippen LogP contribution in [0.1, 0.15) is 25.7 Å². The number of ether oxygens (including phenoxy) is 1. The van der Waals surface area contributed by atoms with E-state index >= 15 is 0 Å². The minimum Gasteiger partial charge on any atom is -0.497 e. The summed E-state index contributed by atoms with van der Waals surface area (Å²) >= 11 is 0. The molecule has 4 nitrogen and oxygen atoms in total. The largest absolute Gasteiger partial charge is 0.497 e. The number of sulfonamides is 1. The van der Waals surface area contributed by atoms with Crippen LogP contribution in [-0.4, -0.2) is 21.6 Å². The summed E-state index contributed by atoms with van der Waals surface area (Å²) in [6.45, 7) is 0. The van der Waals surface area contributed by atoms with E-state index in [0.717, 1.165) is 12.3 Å². The molecular formula is C14H19NO3S. The van der Waals surface area contributed by atoms with E-state index in [9.17, 15) is 8.42 Å². The molecule has 3 atom stereocenters. The second-order valence-electron chi connectivity index (χ2n) is 5.58. The summed E-state index contributed by atoms with van der Waals surface area (Å²) in [5.74, 6) is 1.94. The molecule has 0 saturated heterocycles. The van der Waals surface area contributed by atoms with Crippen molar-refractivity contribution in [2.75, 3.05) is 7.11 Å². The average molecular weight is 281 g/mol. The Morgan fingerprint density at radius 3 is 2.42 bits per heavy atom. The number of rotatable bonds is 4. The van der Waals surface area contributed by atoms with Gasteiger partial charge in [-0.3, -0.25) is 0 Å². The Kier molecular flexibility index (Phi) is 3.27.